The molecule has 1 amide bonds. The molecule has 0 aliphatic carbocycles. The fraction of sp³-hybridized carbons (Fsp3) is 0.679. The SMILES string of the molecule is CCCCCCCCCCCC(=O)N1CCc2c([nH]c3ccc(OC)cc23)C1C(N)C(C)C. The second kappa shape index (κ2) is 12.5. The number of fused-ring (bicyclic) bond motifs is 3. The van der Waals surface area contributed by atoms with E-state index >= 15 is 0 Å². The highest BCUT2D eigenvalue weighted by Crippen LogP contribution is 2.39. The van der Waals surface area contributed by atoms with Crippen molar-refractivity contribution >= 4 is 16.8 Å². The minimum atomic E-state index is -0.105. The summed E-state index contributed by atoms with van der Waals surface area (Å²) >= 11 is 0. The topological polar surface area (TPSA) is 71.3 Å². The highest BCUT2D eigenvalue weighted by atomic mass is 16.5. The fourth-order valence-corrected chi connectivity index (χ4v) is 5.20. The highest BCUT2D eigenvalue weighted by Gasteiger charge is 2.37. The van der Waals surface area contributed by atoms with Crippen molar-refractivity contribution in [3.63, 3.8) is 0 Å². The van der Waals surface area contributed by atoms with E-state index in [-0.39, 0.29) is 23.9 Å². The van der Waals surface area contributed by atoms with Crippen LogP contribution in [0.4, 0.5) is 0 Å². The van der Waals surface area contributed by atoms with E-state index in [2.05, 4.69) is 42.8 Å². The third-order valence-electron chi connectivity index (χ3n) is 7.33. The number of amides is 1. The van der Waals surface area contributed by atoms with Gasteiger partial charge in [-0.2, -0.15) is 0 Å². The van der Waals surface area contributed by atoms with Crippen LogP contribution in [0.1, 0.15) is 102 Å². The molecule has 2 aromatic rings. The van der Waals surface area contributed by atoms with Gasteiger partial charge in [0.1, 0.15) is 5.75 Å². The van der Waals surface area contributed by atoms with Crippen molar-refractivity contribution in [2.24, 2.45) is 11.7 Å². The van der Waals surface area contributed by atoms with Gasteiger partial charge in [-0.3, -0.25) is 4.79 Å². The number of unbranched alkanes of at least 4 members (excludes halogenated alkanes) is 8. The lowest BCUT2D eigenvalue weighted by atomic mass is 9.87. The number of ether oxygens (including phenoxy) is 1. The number of methoxy groups -OCH3 is 1. The summed E-state index contributed by atoms with van der Waals surface area (Å²) in [4.78, 5) is 19.0. The number of benzene rings is 1. The Bertz CT molecular complexity index is 889. The van der Waals surface area contributed by atoms with E-state index in [4.69, 9.17) is 10.5 Å². The summed E-state index contributed by atoms with van der Waals surface area (Å²) in [6.07, 6.45) is 12.8. The molecule has 5 heteroatoms. The largest absolute Gasteiger partial charge is 0.497 e. The molecular weight excluding hydrogens is 410 g/mol. The number of aromatic nitrogens is 1. The summed E-state index contributed by atoms with van der Waals surface area (Å²) in [5.41, 5.74) is 10.2. The molecule has 1 aromatic heterocycles. The average Bonchev–Trinajstić information content (AvgIpc) is 3.19. The fourth-order valence-electron chi connectivity index (χ4n) is 5.20. The maximum atomic E-state index is 13.3. The standard InChI is InChI=1S/C28H45N3O2/c1-5-6-7-8-9-10-11-12-13-14-25(32)31-18-17-22-23-19-21(33-4)15-16-24(23)30-27(22)28(31)26(29)20(2)3/h15-16,19-20,26,28,30H,5-14,17-18,29H2,1-4H3. The van der Waals surface area contributed by atoms with E-state index in [1.54, 1.807) is 7.11 Å². The van der Waals surface area contributed by atoms with Gasteiger partial charge in [-0.25, -0.2) is 0 Å². The molecule has 2 atom stereocenters. The van der Waals surface area contributed by atoms with Crippen LogP contribution in [0.15, 0.2) is 18.2 Å². The zero-order valence-electron chi connectivity index (χ0n) is 21.3. The Morgan fingerprint density at radius 2 is 1.79 bits per heavy atom. The van der Waals surface area contributed by atoms with Gasteiger partial charge < -0.3 is 20.4 Å². The van der Waals surface area contributed by atoms with Crippen LogP contribution in [0.3, 0.4) is 0 Å². The van der Waals surface area contributed by atoms with Crippen LogP contribution in [0, 0.1) is 5.92 Å². The van der Waals surface area contributed by atoms with Crippen molar-refractivity contribution in [1.82, 2.24) is 9.88 Å². The zero-order valence-corrected chi connectivity index (χ0v) is 21.3. The Morgan fingerprint density at radius 3 is 2.42 bits per heavy atom. The molecule has 5 nitrogen and oxygen atoms in total. The van der Waals surface area contributed by atoms with Crippen LogP contribution in [0.5, 0.6) is 5.75 Å². The van der Waals surface area contributed by atoms with Crippen molar-refractivity contribution in [2.45, 2.75) is 103 Å². The smallest absolute Gasteiger partial charge is 0.223 e. The van der Waals surface area contributed by atoms with Gasteiger partial charge in [-0.1, -0.05) is 72.1 Å². The minimum absolute atomic E-state index is 0.0989. The Kier molecular flexibility index (Phi) is 9.66. The number of nitrogens with one attached hydrogen (secondary N) is 1. The molecular formula is C28H45N3O2. The van der Waals surface area contributed by atoms with Gasteiger partial charge in [-0.15, -0.1) is 0 Å². The van der Waals surface area contributed by atoms with Gasteiger partial charge in [0.2, 0.25) is 5.91 Å². The van der Waals surface area contributed by atoms with Crippen LogP contribution < -0.4 is 10.5 Å². The number of rotatable bonds is 13. The number of H-pyrrole nitrogens is 1. The summed E-state index contributed by atoms with van der Waals surface area (Å²) in [6, 6.07) is 5.94. The summed E-state index contributed by atoms with van der Waals surface area (Å²) in [5.74, 6) is 1.39. The third kappa shape index (κ3) is 6.32. The number of aromatic amines is 1. The molecule has 0 radical (unpaired) electrons. The second-order valence-corrected chi connectivity index (χ2v) is 10.1. The van der Waals surface area contributed by atoms with Gasteiger partial charge in [0.05, 0.1) is 13.2 Å². The highest BCUT2D eigenvalue weighted by molar-refractivity contribution is 5.87. The molecule has 0 saturated heterocycles. The molecule has 184 valence electrons. The van der Waals surface area contributed by atoms with Crippen LogP contribution >= 0.6 is 0 Å². The van der Waals surface area contributed by atoms with Crippen LogP contribution in [0.25, 0.3) is 10.9 Å². The van der Waals surface area contributed by atoms with Gasteiger partial charge in [0, 0.05) is 35.6 Å². The predicted octanol–water partition coefficient (Wildman–Crippen LogP) is 6.51. The van der Waals surface area contributed by atoms with Crippen LogP contribution in [0.2, 0.25) is 0 Å². The Labute approximate surface area is 200 Å². The second-order valence-electron chi connectivity index (χ2n) is 10.1. The summed E-state index contributed by atoms with van der Waals surface area (Å²) < 4.78 is 5.45. The number of nitrogens with two attached hydrogens (primary N) is 1. The number of hydrogen-bond acceptors (Lipinski definition) is 3. The molecule has 2 heterocycles. The maximum absolute atomic E-state index is 13.3. The first-order valence-corrected chi connectivity index (χ1v) is 13.2. The molecule has 1 aliphatic heterocycles. The quantitative estimate of drug-likeness (QED) is 0.338. The molecule has 2 unspecified atom stereocenters. The van der Waals surface area contributed by atoms with E-state index in [9.17, 15) is 4.79 Å². The maximum Gasteiger partial charge on any atom is 0.223 e. The van der Waals surface area contributed by atoms with Crippen molar-refractivity contribution in [2.75, 3.05) is 13.7 Å². The molecule has 0 saturated carbocycles. The lowest BCUT2D eigenvalue weighted by molar-refractivity contribution is -0.135. The number of nitrogens with zero attached hydrogens (tertiary/aromatic N) is 1. The Balaban J connectivity index is 1.64. The molecule has 33 heavy (non-hydrogen) atoms. The number of carbonyl (C=O) groups is 1. The van der Waals surface area contributed by atoms with Gasteiger partial charge in [-0.05, 0) is 42.5 Å². The van der Waals surface area contributed by atoms with Crippen molar-refractivity contribution in [3.8, 4) is 5.75 Å². The van der Waals surface area contributed by atoms with Crippen LogP contribution in [-0.4, -0.2) is 35.5 Å². The number of hydrogen-bond donors (Lipinski definition) is 2. The first kappa shape index (κ1) is 25.6. The van der Waals surface area contributed by atoms with Crippen molar-refractivity contribution in [3.05, 3.63) is 29.5 Å². The molecule has 3 N–H and O–H groups in total. The molecule has 0 fully saturated rings. The monoisotopic (exact) mass is 455 g/mol. The lowest BCUT2D eigenvalue weighted by Crippen LogP contribution is -2.49. The predicted molar refractivity (Wildman–Crippen MR) is 138 cm³/mol. The first-order valence-electron chi connectivity index (χ1n) is 13.2. The van der Waals surface area contributed by atoms with Gasteiger partial charge >= 0.3 is 0 Å². The third-order valence-corrected chi connectivity index (χ3v) is 7.33. The lowest BCUT2D eigenvalue weighted by Gasteiger charge is -2.40. The Hall–Kier alpha value is -2.01. The van der Waals surface area contributed by atoms with Gasteiger partial charge in [0.15, 0.2) is 0 Å². The Morgan fingerprint density at radius 1 is 1.12 bits per heavy atom. The normalized spacial score (nSPS) is 16.9. The van der Waals surface area contributed by atoms with Crippen molar-refractivity contribution < 1.29 is 9.53 Å². The zero-order chi connectivity index (χ0) is 23.8. The van der Waals surface area contributed by atoms with E-state index < -0.39 is 0 Å². The van der Waals surface area contributed by atoms with E-state index in [0.717, 1.165) is 42.8 Å². The summed E-state index contributed by atoms with van der Waals surface area (Å²) in [6.45, 7) is 7.29. The summed E-state index contributed by atoms with van der Waals surface area (Å²) in [5, 5.41) is 1.19. The first-order chi connectivity index (χ1) is 16.0. The van der Waals surface area contributed by atoms with Crippen LogP contribution in [-0.2, 0) is 11.2 Å². The van der Waals surface area contributed by atoms with E-state index in [1.807, 2.05) is 6.07 Å². The van der Waals surface area contributed by atoms with Gasteiger partial charge in [0.25, 0.3) is 0 Å². The molecule has 1 aromatic carbocycles. The number of carbonyl (C=O) groups excluding carboxylic acids is 1. The van der Waals surface area contributed by atoms with Crippen molar-refractivity contribution in [1.29, 1.82) is 0 Å². The minimum Gasteiger partial charge on any atom is -0.497 e. The van der Waals surface area contributed by atoms with E-state index in [1.165, 1.54) is 55.9 Å². The molecule has 0 spiro atoms. The summed E-state index contributed by atoms with van der Waals surface area (Å²) in [7, 11) is 1.70. The molecule has 3 rings (SSSR count). The van der Waals surface area contributed by atoms with E-state index in [0.29, 0.717) is 6.42 Å². The molecule has 0 bridgehead atoms. The molecule has 1 aliphatic rings. The average molecular weight is 456 g/mol.